The lowest BCUT2D eigenvalue weighted by atomic mass is 10.3. The predicted molar refractivity (Wildman–Crippen MR) is 45.9 cm³/mol. The maximum atomic E-state index is 5.24. The van der Waals surface area contributed by atoms with Crippen molar-refractivity contribution in [1.82, 2.24) is 0 Å². The highest BCUT2D eigenvalue weighted by Gasteiger charge is 2.25. The van der Waals surface area contributed by atoms with Crippen molar-refractivity contribution in [2.24, 2.45) is 11.1 Å². The van der Waals surface area contributed by atoms with E-state index in [-0.39, 0.29) is 12.4 Å². The summed E-state index contributed by atoms with van der Waals surface area (Å²) in [6, 6.07) is 0. The summed E-state index contributed by atoms with van der Waals surface area (Å²) in [6.07, 6.45) is 0. The van der Waals surface area contributed by atoms with Gasteiger partial charge in [0.2, 0.25) is 0 Å². The third kappa shape index (κ3) is 3.36. The first kappa shape index (κ1) is 11.6. The summed E-state index contributed by atoms with van der Waals surface area (Å²) in [7, 11) is 0. The molecule has 0 spiro atoms. The molecule has 0 unspecified atom stereocenters. The first-order chi connectivity index (χ1) is 5.14. The van der Waals surface area contributed by atoms with Crippen LogP contribution in [0.2, 0.25) is 0 Å². The average molecular weight is 197 g/mol. The standard InChI is InChI=1S/C6H12N2O3.ClH/c1-6(2)9-3-5(4-10-6)8-11-7;/h3-4,7H2,1-2H3;1H. The molecule has 1 rings (SSSR count). The molecule has 0 bridgehead atoms. The Morgan fingerprint density at radius 1 is 1.42 bits per heavy atom. The number of halogens is 1. The Bertz CT molecular complexity index is 160. The van der Waals surface area contributed by atoms with Crippen LogP contribution >= 0.6 is 12.4 Å². The lowest BCUT2D eigenvalue weighted by Crippen LogP contribution is -2.39. The van der Waals surface area contributed by atoms with Gasteiger partial charge in [0.25, 0.3) is 0 Å². The van der Waals surface area contributed by atoms with Gasteiger partial charge in [-0.15, -0.1) is 18.3 Å². The summed E-state index contributed by atoms with van der Waals surface area (Å²) < 4.78 is 10.5. The zero-order valence-corrected chi connectivity index (χ0v) is 7.89. The normalized spacial score (nSPS) is 21.1. The van der Waals surface area contributed by atoms with Crippen LogP contribution in [-0.2, 0) is 14.4 Å². The summed E-state index contributed by atoms with van der Waals surface area (Å²) in [5.74, 6) is 4.21. The largest absolute Gasteiger partial charge is 0.344 e. The van der Waals surface area contributed by atoms with E-state index in [0.717, 1.165) is 0 Å². The van der Waals surface area contributed by atoms with Crippen LogP contribution in [0.1, 0.15) is 13.8 Å². The van der Waals surface area contributed by atoms with Gasteiger partial charge < -0.3 is 14.4 Å². The lowest BCUT2D eigenvalue weighted by Gasteiger charge is -2.30. The number of nitrogens with two attached hydrogens (primary N) is 1. The van der Waals surface area contributed by atoms with Crippen molar-refractivity contribution in [2.45, 2.75) is 19.6 Å². The Hall–Kier alpha value is -0.360. The molecule has 1 heterocycles. The van der Waals surface area contributed by atoms with E-state index in [4.69, 9.17) is 15.4 Å². The van der Waals surface area contributed by atoms with Gasteiger partial charge in [0, 0.05) is 0 Å². The Morgan fingerprint density at radius 3 is 2.33 bits per heavy atom. The van der Waals surface area contributed by atoms with Crippen molar-refractivity contribution in [3.63, 3.8) is 0 Å². The summed E-state index contributed by atoms with van der Waals surface area (Å²) in [5.41, 5.74) is 0.659. The molecule has 1 aliphatic rings. The molecule has 2 N–H and O–H groups in total. The first-order valence-corrected chi connectivity index (χ1v) is 3.33. The minimum Gasteiger partial charge on any atom is -0.344 e. The number of ether oxygens (including phenoxy) is 2. The molecule has 0 aliphatic carbocycles. The molecule has 0 aromatic rings. The zero-order chi connectivity index (χ0) is 8.32. The van der Waals surface area contributed by atoms with E-state index in [1.165, 1.54) is 0 Å². The molecular weight excluding hydrogens is 184 g/mol. The van der Waals surface area contributed by atoms with E-state index < -0.39 is 5.79 Å². The van der Waals surface area contributed by atoms with E-state index in [9.17, 15) is 0 Å². The van der Waals surface area contributed by atoms with Crippen LogP contribution in [0.4, 0.5) is 0 Å². The highest BCUT2D eigenvalue weighted by Crippen LogP contribution is 2.15. The maximum absolute atomic E-state index is 5.24. The molecule has 5 nitrogen and oxygen atoms in total. The second-order valence-electron chi connectivity index (χ2n) is 2.74. The third-order valence-electron chi connectivity index (χ3n) is 1.35. The quantitative estimate of drug-likeness (QED) is 0.618. The van der Waals surface area contributed by atoms with Gasteiger partial charge in [-0.25, -0.2) is 0 Å². The van der Waals surface area contributed by atoms with Crippen LogP contribution in [0.25, 0.3) is 0 Å². The van der Waals surface area contributed by atoms with Gasteiger partial charge in [-0.3, -0.25) is 0 Å². The molecule has 0 aromatic carbocycles. The van der Waals surface area contributed by atoms with E-state index in [0.29, 0.717) is 18.9 Å². The van der Waals surface area contributed by atoms with Crippen LogP contribution < -0.4 is 5.90 Å². The minimum absolute atomic E-state index is 0. The number of rotatable bonds is 1. The molecule has 0 atom stereocenters. The monoisotopic (exact) mass is 196 g/mol. The number of nitrogens with zero attached hydrogens (tertiary/aromatic N) is 1. The molecule has 72 valence electrons. The van der Waals surface area contributed by atoms with Gasteiger partial charge in [-0.1, -0.05) is 5.16 Å². The first-order valence-electron chi connectivity index (χ1n) is 3.33. The fourth-order valence-electron chi connectivity index (χ4n) is 0.725. The van der Waals surface area contributed by atoms with Crippen molar-refractivity contribution in [3.05, 3.63) is 0 Å². The Kier molecular flexibility index (Phi) is 4.47. The Labute approximate surface area is 77.2 Å². The van der Waals surface area contributed by atoms with E-state index in [1.54, 1.807) is 0 Å². The van der Waals surface area contributed by atoms with Gasteiger partial charge in [0.15, 0.2) is 5.79 Å². The smallest absolute Gasteiger partial charge is 0.163 e. The maximum Gasteiger partial charge on any atom is 0.163 e. The Morgan fingerprint density at radius 2 is 1.92 bits per heavy atom. The van der Waals surface area contributed by atoms with Crippen molar-refractivity contribution in [1.29, 1.82) is 0 Å². The van der Waals surface area contributed by atoms with Crippen molar-refractivity contribution in [3.8, 4) is 0 Å². The third-order valence-corrected chi connectivity index (χ3v) is 1.35. The van der Waals surface area contributed by atoms with Crippen LogP contribution in [0, 0.1) is 0 Å². The lowest BCUT2D eigenvalue weighted by molar-refractivity contribution is -0.211. The summed E-state index contributed by atoms with van der Waals surface area (Å²) in [5, 5.41) is 3.49. The highest BCUT2D eigenvalue weighted by molar-refractivity contribution is 5.86. The van der Waals surface area contributed by atoms with Gasteiger partial charge in [-0.2, -0.15) is 0 Å². The molecule has 0 amide bonds. The van der Waals surface area contributed by atoms with Crippen molar-refractivity contribution in [2.75, 3.05) is 13.2 Å². The molecule has 1 aliphatic heterocycles. The molecule has 1 fully saturated rings. The molecule has 0 radical (unpaired) electrons. The van der Waals surface area contributed by atoms with Crippen LogP contribution in [0.5, 0.6) is 0 Å². The summed E-state index contributed by atoms with van der Waals surface area (Å²) in [6.45, 7) is 4.49. The minimum atomic E-state index is -0.520. The van der Waals surface area contributed by atoms with Crippen LogP contribution in [-0.4, -0.2) is 24.7 Å². The number of hydrogen-bond acceptors (Lipinski definition) is 5. The second kappa shape index (κ2) is 4.61. The molecule has 6 heteroatoms. The Balaban J connectivity index is 0.00000121. The number of oxime groups is 1. The highest BCUT2D eigenvalue weighted by atomic mass is 35.5. The average Bonchev–Trinajstić information content (AvgIpc) is 1.94. The molecule has 12 heavy (non-hydrogen) atoms. The van der Waals surface area contributed by atoms with Crippen LogP contribution in [0.15, 0.2) is 5.16 Å². The molecule has 0 saturated carbocycles. The predicted octanol–water partition coefficient (Wildman–Crippen LogP) is 0.437. The van der Waals surface area contributed by atoms with Gasteiger partial charge in [-0.05, 0) is 13.8 Å². The topological polar surface area (TPSA) is 66.1 Å². The van der Waals surface area contributed by atoms with Crippen LogP contribution in [0.3, 0.4) is 0 Å². The van der Waals surface area contributed by atoms with Crippen molar-refractivity contribution < 1.29 is 14.4 Å². The fraction of sp³-hybridized carbons (Fsp3) is 0.833. The summed E-state index contributed by atoms with van der Waals surface area (Å²) in [4.78, 5) is 4.08. The summed E-state index contributed by atoms with van der Waals surface area (Å²) >= 11 is 0. The SMILES string of the molecule is CC1(C)OCC(=NON)CO1.Cl. The van der Waals surface area contributed by atoms with Gasteiger partial charge in [0.1, 0.15) is 5.71 Å². The second-order valence-corrected chi connectivity index (χ2v) is 2.74. The zero-order valence-electron chi connectivity index (χ0n) is 7.07. The number of hydrogen-bond donors (Lipinski definition) is 1. The molecular formula is C6H13ClN2O3. The molecule has 0 aromatic heterocycles. The van der Waals surface area contributed by atoms with E-state index in [1.807, 2.05) is 13.8 Å². The van der Waals surface area contributed by atoms with E-state index in [2.05, 4.69) is 10.1 Å². The van der Waals surface area contributed by atoms with Gasteiger partial charge in [0.05, 0.1) is 13.2 Å². The van der Waals surface area contributed by atoms with Gasteiger partial charge >= 0.3 is 0 Å². The van der Waals surface area contributed by atoms with E-state index >= 15 is 0 Å². The van der Waals surface area contributed by atoms with Crippen molar-refractivity contribution >= 4 is 18.1 Å². The fourth-order valence-corrected chi connectivity index (χ4v) is 0.725. The molecule has 1 saturated heterocycles.